The molecule has 0 radical (unpaired) electrons. The molecule has 0 saturated carbocycles. The Morgan fingerprint density at radius 1 is 1.17 bits per heavy atom. The number of nitrogens with one attached hydrogen (secondary N) is 1. The van der Waals surface area contributed by atoms with Gasteiger partial charge < -0.3 is 5.32 Å². The average molecular weight is 322 g/mol. The molecule has 0 heterocycles. The Morgan fingerprint density at radius 2 is 1.94 bits per heavy atom. The molecule has 0 unspecified atom stereocenters. The average Bonchev–Trinajstić information content (AvgIpc) is 2.39. The third-order valence-electron chi connectivity index (χ3n) is 2.41. The molecule has 0 spiro atoms. The molecule has 0 atom stereocenters. The van der Waals surface area contributed by atoms with Crippen molar-refractivity contribution >= 4 is 39.3 Å². The maximum Gasteiger partial charge on any atom is 0.255 e. The summed E-state index contributed by atoms with van der Waals surface area (Å²) in [6.45, 7) is 0. The van der Waals surface area contributed by atoms with Crippen LogP contribution in [0.25, 0.3) is 0 Å². The van der Waals surface area contributed by atoms with Crippen LogP contribution in [0.15, 0.2) is 57.9 Å². The van der Waals surface area contributed by atoms with Gasteiger partial charge in [0, 0.05) is 20.6 Å². The Kier molecular flexibility index (Phi) is 4.44. The summed E-state index contributed by atoms with van der Waals surface area (Å²) in [4.78, 5) is 13.2. The molecule has 0 aliphatic heterocycles. The fourth-order valence-corrected chi connectivity index (χ4v) is 2.39. The summed E-state index contributed by atoms with van der Waals surface area (Å²) in [6.07, 6.45) is 2.01. The molecule has 0 fully saturated rings. The minimum absolute atomic E-state index is 0.102. The molecule has 4 heteroatoms. The van der Waals surface area contributed by atoms with Gasteiger partial charge in [-0.3, -0.25) is 4.79 Å². The maximum absolute atomic E-state index is 12.0. The monoisotopic (exact) mass is 321 g/mol. The van der Waals surface area contributed by atoms with Crippen LogP contribution in [0.2, 0.25) is 0 Å². The van der Waals surface area contributed by atoms with Crippen LogP contribution in [0.5, 0.6) is 0 Å². The van der Waals surface area contributed by atoms with Crippen molar-refractivity contribution in [3.8, 4) is 0 Å². The highest BCUT2D eigenvalue weighted by Crippen LogP contribution is 2.20. The highest BCUT2D eigenvalue weighted by Gasteiger charge is 2.06. The third-order valence-corrected chi connectivity index (χ3v) is 3.63. The van der Waals surface area contributed by atoms with E-state index in [1.807, 2.05) is 42.7 Å². The summed E-state index contributed by atoms with van der Waals surface area (Å²) >= 11 is 5.00. The summed E-state index contributed by atoms with van der Waals surface area (Å²) < 4.78 is 0.896. The molecule has 1 amide bonds. The topological polar surface area (TPSA) is 29.1 Å². The second kappa shape index (κ2) is 6.07. The van der Waals surface area contributed by atoms with E-state index >= 15 is 0 Å². The van der Waals surface area contributed by atoms with Crippen LogP contribution < -0.4 is 5.32 Å². The van der Waals surface area contributed by atoms with Crippen LogP contribution in [0, 0.1) is 0 Å². The first-order valence-electron chi connectivity index (χ1n) is 5.40. The van der Waals surface area contributed by atoms with E-state index in [1.165, 1.54) is 0 Å². The number of halogens is 1. The molecule has 18 heavy (non-hydrogen) atoms. The molecule has 92 valence electrons. The zero-order valence-corrected chi connectivity index (χ0v) is 12.2. The summed E-state index contributed by atoms with van der Waals surface area (Å²) in [5.41, 5.74) is 1.45. The molecule has 0 bridgehead atoms. The van der Waals surface area contributed by atoms with Crippen molar-refractivity contribution in [1.29, 1.82) is 0 Å². The fourth-order valence-electron chi connectivity index (χ4n) is 1.53. The zero-order chi connectivity index (χ0) is 13.0. The highest BCUT2D eigenvalue weighted by molar-refractivity contribution is 9.10. The van der Waals surface area contributed by atoms with Gasteiger partial charge in [-0.25, -0.2) is 0 Å². The van der Waals surface area contributed by atoms with Gasteiger partial charge in [-0.15, -0.1) is 11.8 Å². The van der Waals surface area contributed by atoms with Gasteiger partial charge in [0.25, 0.3) is 5.91 Å². The second-order valence-electron chi connectivity index (χ2n) is 3.70. The summed E-state index contributed by atoms with van der Waals surface area (Å²) in [7, 11) is 0. The number of thioether (sulfide) groups is 1. The lowest BCUT2D eigenvalue weighted by molar-refractivity contribution is 0.102. The predicted octanol–water partition coefficient (Wildman–Crippen LogP) is 4.42. The van der Waals surface area contributed by atoms with Gasteiger partial charge in [-0.2, -0.15) is 0 Å². The molecule has 2 rings (SSSR count). The van der Waals surface area contributed by atoms with Gasteiger partial charge in [0.15, 0.2) is 0 Å². The summed E-state index contributed by atoms with van der Waals surface area (Å²) in [5, 5.41) is 2.89. The van der Waals surface area contributed by atoms with Gasteiger partial charge >= 0.3 is 0 Å². The lowest BCUT2D eigenvalue weighted by atomic mass is 10.2. The molecule has 2 aromatic rings. The minimum Gasteiger partial charge on any atom is -0.322 e. The maximum atomic E-state index is 12.0. The Hall–Kier alpha value is -1.26. The first-order chi connectivity index (χ1) is 8.69. The Bertz CT molecular complexity index is 571. The standard InChI is InChI=1S/C14H12BrNOS/c1-18-13-7-3-6-12(9-13)16-14(17)10-4-2-5-11(15)8-10/h2-9H,1H3,(H,16,17). The van der Waals surface area contributed by atoms with Crippen molar-refractivity contribution in [3.63, 3.8) is 0 Å². The first kappa shape index (κ1) is 13.2. The predicted molar refractivity (Wildman–Crippen MR) is 80.3 cm³/mol. The Balaban J connectivity index is 2.16. The van der Waals surface area contributed by atoms with Gasteiger partial charge in [0.2, 0.25) is 0 Å². The van der Waals surface area contributed by atoms with Crippen molar-refractivity contribution in [2.45, 2.75) is 4.90 Å². The number of anilines is 1. The molecule has 0 aliphatic rings. The van der Waals surface area contributed by atoms with E-state index in [9.17, 15) is 4.79 Å². The lowest BCUT2D eigenvalue weighted by Gasteiger charge is -2.06. The number of amides is 1. The van der Waals surface area contributed by atoms with Crippen molar-refractivity contribution in [1.82, 2.24) is 0 Å². The second-order valence-corrected chi connectivity index (χ2v) is 5.49. The van der Waals surface area contributed by atoms with Crippen molar-refractivity contribution in [3.05, 3.63) is 58.6 Å². The van der Waals surface area contributed by atoms with Crippen molar-refractivity contribution in [2.24, 2.45) is 0 Å². The highest BCUT2D eigenvalue weighted by atomic mass is 79.9. The van der Waals surface area contributed by atoms with E-state index in [0.29, 0.717) is 5.56 Å². The van der Waals surface area contributed by atoms with Crippen molar-refractivity contribution < 1.29 is 4.79 Å². The number of hydrogen-bond acceptors (Lipinski definition) is 2. The van der Waals surface area contributed by atoms with Gasteiger partial charge in [-0.1, -0.05) is 28.1 Å². The minimum atomic E-state index is -0.102. The quantitative estimate of drug-likeness (QED) is 0.848. The molecule has 1 N–H and O–H groups in total. The lowest BCUT2D eigenvalue weighted by Crippen LogP contribution is -2.11. The molecule has 0 saturated heterocycles. The molecule has 0 aromatic heterocycles. The van der Waals surface area contributed by atoms with Crippen LogP contribution >= 0.6 is 27.7 Å². The third kappa shape index (κ3) is 3.37. The molecular weight excluding hydrogens is 310 g/mol. The number of rotatable bonds is 3. The number of carbonyl (C=O) groups is 1. The fraction of sp³-hybridized carbons (Fsp3) is 0.0714. The van der Waals surface area contributed by atoms with E-state index in [4.69, 9.17) is 0 Å². The normalized spacial score (nSPS) is 10.1. The molecule has 2 nitrogen and oxygen atoms in total. The Morgan fingerprint density at radius 3 is 2.67 bits per heavy atom. The van der Waals surface area contributed by atoms with Gasteiger partial charge in [0.1, 0.15) is 0 Å². The van der Waals surface area contributed by atoms with Crippen LogP contribution in [0.3, 0.4) is 0 Å². The first-order valence-corrected chi connectivity index (χ1v) is 7.42. The van der Waals surface area contributed by atoms with Crippen LogP contribution in [0.1, 0.15) is 10.4 Å². The van der Waals surface area contributed by atoms with Crippen molar-refractivity contribution in [2.75, 3.05) is 11.6 Å². The van der Waals surface area contributed by atoms with Gasteiger partial charge in [0.05, 0.1) is 0 Å². The van der Waals surface area contributed by atoms with Crippen LogP contribution in [-0.4, -0.2) is 12.2 Å². The SMILES string of the molecule is CSc1cccc(NC(=O)c2cccc(Br)c2)c1. The smallest absolute Gasteiger partial charge is 0.255 e. The summed E-state index contributed by atoms with van der Waals surface area (Å²) in [5.74, 6) is -0.102. The number of carbonyl (C=O) groups excluding carboxylic acids is 1. The number of benzene rings is 2. The molecular formula is C14H12BrNOS. The summed E-state index contributed by atoms with van der Waals surface area (Å²) in [6, 6.07) is 15.1. The van der Waals surface area contributed by atoms with E-state index < -0.39 is 0 Å². The van der Waals surface area contributed by atoms with E-state index in [0.717, 1.165) is 15.1 Å². The van der Waals surface area contributed by atoms with Crippen LogP contribution in [0.4, 0.5) is 5.69 Å². The molecule has 2 aromatic carbocycles. The van der Waals surface area contributed by atoms with E-state index in [-0.39, 0.29) is 5.91 Å². The van der Waals surface area contributed by atoms with Gasteiger partial charge in [-0.05, 0) is 42.7 Å². The zero-order valence-electron chi connectivity index (χ0n) is 9.81. The van der Waals surface area contributed by atoms with E-state index in [1.54, 1.807) is 23.9 Å². The largest absolute Gasteiger partial charge is 0.322 e. The molecule has 0 aliphatic carbocycles. The Labute approximate surface area is 119 Å². The number of hydrogen-bond donors (Lipinski definition) is 1. The van der Waals surface area contributed by atoms with E-state index in [2.05, 4.69) is 21.2 Å². The van der Waals surface area contributed by atoms with Crippen LogP contribution in [-0.2, 0) is 0 Å².